The fraction of sp³-hybridized carbons (Fsp3) is 1.00. The average molecular weight is 541 g/mol. The van der Waals surface area contributed by atoms with Gasteiger partial charge in [-0.1, -0.05) is 0 Å². The topological polar surface area (TPSA) is 210 Å². The molecule has 0 saturated carbocycles. The Labute approximate surface area is 222 Å². The standard InChI is InChI=1S/C25H56N4O8/c1-16(30)22(5,34)12-26-10-9-20(28-14-24(7,36)18(3)32)21(29-15-25(8,37)19(4)33)11-27-13-23(6,35)17(2)31/h16-21,26-37H,9-15H2,1-8H3. The van der Waals surface area contributed by atoms with Crippen LogP contribution in [0.1, 0.15) is 61.8 Å². The van der Waals surface area contributed by atoms with E-state index in [1.54, 1.807) is 0 Å². The van der Waals surface area contributed by atoms with E-state index in [-0.39, 0.29) is 38.3 Å². The van der Waals surface area contributed by atoms with Gasteiger partial charge in [-0.2, -0.15) is 0 Å². The molecule has 10 atom stereocenters. The molecule has 0 aliphatic carbocycles. The fourth-order valence-electron chi connectivity index (χ4n) is 3.15. The van der Waals surface area contributed by atoms with Crippen molar-refractivity contribution in [1.29, 1.82) is 0 Å². The number of aliphatic hydroxyl groups is 8. The van der Waals surface area contributed by atoms with Crippen LogP contribution in [0.3, 0.4) is 0 Å². The molecule has 0 aliphatic rings. The van der Waals surface area contributed by atoms with E-state index in [1.807, 2.05) is 0 Å². The lowest BCUT2D eigenvalue weighted by atomic mass is 9.95. The second-order valence-electron chi connectivity index (χ2n) is 11.7. The Bertz CT molecular complexity index is 628. The minimum atomic E-state index is -1.42. The molecule has 37 heavy (non-hydrogen) atoms. The zero-order chi connectivity index (χ0) is 29.2. The summed E-state index contributed by atoms with van der Waals surface area (Å²) in [6.07, 6.45) is -3.42. The van der Waals surface area contributed by atoms with Gasteiger partial charge in [0, 0.05) is 44.8 Å². The van der Waals surface area contributed by atoms with Gasteiger partial charge in [-0.05, 0) is 68.4 Å². The summed E-state index contributed by atoms with van der Waals surface area (Å²) in [6.45, 7) is 13.1. The van der Waals surface area contributed by atoms with Crippen molar-refractivity contribution in [3.05, 3.63) is 0 Å². The van der Waals surface area contributed by atoms with Gasteiger partial charge in [0.2, 0.25) is 0 Å². The normalized spacial score (nSPS) is 24.0. The first-order valence-electron chi connectivity index (χ1n) is 13.2. The maximum atomic E-state index is 10.6. The highest BCUT2D eigenvalue weighted by Crippen LogP contribution is 2.13. The lowest BCUT2D eigenvalue weighted by Gasteiger charge is -2.37. The molecule has 0 aliphatic heterocycles. The van der Waals surface area contributed by atoms with Crippen LogP contribution in [0.25, 0.3) is 0 Å². The summed E-state index contributed by atoms with van der Waals surface area (Å²) in [7, 11) is 0. The monoisotopic (exact) mass is 540 g/mol. The molecule has 0 amide bonds. The number of aliphatic hydroxyl groups excluding tert-OH is 4. The van der Waals surface area contributed by atoms with E-state index in [4.69, 9.17) is 0 Å². The van der Waals surface area contributed by atoms with Gasteiger partial charge >= 0.3 is 0 Å². The van der Waals surface area contributed by atoms with Gasteiger partial charge in [0.1, 0.15) is 0 Å². The van der Waals surface area contributed by atoms with Crippen LogP contribution in [0.4, 0.5) is 0 Å². The minimum Gasteiger partial charge on any atom is -0.390 e. The van der Waals surface area contributed by atoms with E-state index in [9.17, 15) is 40.9 Å². The molecule has 12 nitrogen and oxygen atoms in total. The molecule has 12 heteroatoms. The molecule has 10 unspecified atom stereocenters. The number of nitrogens with one attached hydrogen (secondary N) is 4. The first-order chi connectivity index (χ1) is 16.7. The maximum Gasteiger partial charge on any atom is 0.0998 e. The third kappa shape index (κ3) is 13.4. The predicted octanol–water partition coefficient (Wildman–Crippen LogP) is -3.00. The van der Waals surface area contributed by atoms with Crippen molar-refractivity contribution in [2.75, 3.05) is 39.3 Å². The van der Waals surface area contributed by atoms with Crippen LogP contribution in [0.2, 0.25) is 0 Å². The molecule has 0 aromatic carbocycles. The van der Waals surface area contributed by atoms with Gasteiger partial charge in [0.25, 0.3) is 0 Å². The van der Waals surface area contributed by atoms with Crippen LogP contribution in [0, 0.1) is 0 Å². The number of rotatable bonds is 20. The van der Waals surface area contributed by atoms with Crippen LogP contribution >= 0.6 is 0 Å². The molecular formula is C25H56N4O8. The van der Waals surface area contributed by atoms with Gasteiger partial charge in [-0.15, -0.1) is 0 Å². The Balaban J connectivity index is 5.67. The highest BCUT2D eigenvalue weighted by atomic mass is 16.4. The van der Waals surface area contributed by atoms with Gasteiger partial charge < -0.3 is 62.1 Å². The number of hydrogen-bond donors (Lipinski definition) is 12. The molecule has 0 rings (SSSR count). The Morgan fingerprint density at radius 2 is 0.838 bits per heavy atom. The molecule has 12 N–H and O–H groups in total. The predicted molar refractivity (Wildman–Crippen MR) is 143 cm³/mol. The molecule has 0 aromatic heterocycles. The summed E-state index contributed by atoms with van der Waals surface area (Å²) in [5, 5.41) is 94.1. The van der Waals surface area contributed by atoms with E-state index in [2.05, 4.69) is 21.3 Å². The van der Waals surface area contributed by atoms with Crippen LogP contribution in [-0.2, 0) is 0 Å². The SMILES string of the molecule is CC(O)C(C)(O)CNCCC(NCC(C)(O)C(C)O)C(CNCC(C)(O)C(C)O)NCC(C)(O)C(C)O. The Hall–Kier alpha value is -0.480. The quantitative estimate of drug-likeness (QED) is 0.0697. The molecule has 0 spiro atoms. The largest absolute Gasteiger partial charge is 0.390 e. The van der Waals surface area contributed by atoms with Crippen molar-refractivity contribution in [3.63, 3.8) is 0 Å². The van der Waals surface area contributed by atoms with Crippen molar-refractivity contribution in [3.8, 4) is 0 Å². The summed E-state index contributed by atoms with van der Waals surface area (Å²) in [4.78, 5) is 0. The minimum absolute atomic E-state index is 0.0406. The first kappa shape index (κ1) is 36.5. The highest BCUT2D eigenvalue weighted by molar-refractivity contribution is 4.93. The fourth-order valence-corrected chi connectivity index (χ4v) is 3.15. The third-order valence-electron chi connectivity index (χ3n) is 7.49. The van der Waals surface area contributed by atoms with E-state index >= 15 is 0 Å². The summed E-state index contributed by atoms with van der Waals surface area (Å²) in [5.74, 6) is 0. The smallest absolute Gasteiger partial charge is 0.0998 e. The summed E-state index contributed by atoms with van der Waals surface area (Å²) >= 11 is 0. The van der Waals surface area contributed by atoms with Crippen LogP contribution in [-0.4, -0.2) is 139 Å². The zero-order valence-corrected chi connectivity index (χ0v) is 24.0. The molecular weight excluding hydrogens is 484 g/mol. The van der Waals surface area contributed by atoms with Gasteiger partial charge in [-0.3, -0.25) is 0 Å². The molecule has 0 bridgehead atoms. The third-order valence-corrected chi connectivity index (χ3v) is 7.49. The Morgan fingerprint density at radius 3 is 1.22 bits per heavy atom. The first-order valence-corrected chi connectivity index (χ1v) is 13.2. The molecule has 0 heterocycles. The van der Waals surface area contributed by atoms with Gasteiger partial charge in [0.05, 0.1) is 46.8 Å². The lowest BCUT2D eigenvalue weighted by molar-refractivity contribution is -0.0577. The van der Waals surface area contributed by atoms with Crippen molar-refractivity contribution in [2.24, 2.45) is 0 Å². The summed E-state index contributed by atoms with van der Waals surface area (Å²) < 4.78 is 0. The molecule has 0 saturated heterocycles. The summed E-state index contributed by atoms with van der Waals surface area (Å²) in [6, 6.07) is -0.734. The van der Waals surface area contributed by atoms with Gasteiger partial charge in [0.15, 0.2) is 0 Å². The Morgan fingerprint density at radius 1 is 0.514 bits per heavy atom. The zero-order valence-electron chi connectivity index (χ0n) is 24.0. The lowest BCUT2D eigenvalue weighted by Crippen LogP contribution is -2.61. The number of hydrogen-bond acceptors (Lipinski definition) is 12. The molecule has 224 valence electrons. The van der Waals surface area contributed by atoms with Gasteiger partial charge in [-0.25, -0.2) is 0 Å². The van der Waals surface area contributed by atoms with Crippen molar-refractivity contribution in [2.45, 2.75) is 121 Å². The molecule has 0 aromatic rings. The maximum absolute atomic E-state index is 10.6. The summed E-state index contributed by atoms with van der Waals surface area (Å²) in [5.41, 5.74) is -5.53. The average Bonchev–Trinajstić information content (AvgIpc) is 2.75. The second-order valence-corrected chi connectivity index (χ2v) is 11.7. The highest BCUT2D eigenvalue weighted by Gasteiger charge is 2.33. The van der Waals surface area contributed by atoms with Crippen molar-refractivity contribution >= 4 is 0 Å². The van der Waals surface area contributed by atoms with E-state index < -0.39 is 46.8 Å². The molecule has 0 radical (unpaired) electrons. The second kappa shape index (κ2) is 15.3. The Kier molecular flexibility index (Phi) is 15.1. The van der Waals surface area contributed by atoms with E-state index in [1.165, 1.54) is 55.4 Å². The van der Waals surface area contributed by atoms with Crippen molar-refractivity contribution in [1.82, 2.24) is 21.3 Å². The van der Waals surface area contributed by atoms with Crippen LogP contribution < -0.4 is 21.3 Å². The van der Waals surface area contributed by atoms with E-state index in [0.29, 0.717) is 19.5 Å². The molecule has 0 fully saturated rings. The van der Waals surface area contributed by atoms with Crippen molar-refractivity contribution < 1.29 is 40.9 Å². The van der Waals surface area contributed by atoms with E-state index in [0.717, 1.165) is 0 Å². The van der Waals surface area contributed by atoms with Crippen LogP contribution in [0.5, 0.6) is 0 Å². The van der Waals surface area contributed by atoms with Crippen LogP contribution in [0.15, 0.2) is 0 Å².